The molecule has 0 amide bonds. The highest BCUT2D eigenvalue weighted by molar-refractivity contribution is 9.10. The minimum atomic E-state index is -0.244. The molecule has 1 aromatic carbocycles. The van der Waals surface area contributed by atoms with Crippen LogP contribution in [0.25, 0.3) is 0 Å². The number of methoxy groups -OCH3 is 1. The van der Waals surface area contributed by atoms with Crippen molar-refractivity contribution in [3.63, 3.8) is 0 Å². The molecule has 0 spiro atoms. The highest BCUT2D eigenvalue weighted by atomic mass is 79.9. The van der Waals surface area contributed by atoms with Gasteiger partial charge in [0.15, 0.2) is 0 Å². The third kappa shape index (κ3) is 3.12. The summed E-state index contributed by atoms with van der Waals surface area (Å²) in [6.07, 6.45) is 3.71. The molecule has 1 atom stereocenters. The van der Waals surface area contributed by atoms with Gasteiger partial charge in [-0.1, -0.05) is 40.5 Å². The lowest BCUT2D eigenvalue weighted by Crippen LogP contribution is -2.39. The molecule has 0 heterocycles. The van der Waals surface area contributed by atoms with Gasteiger partial charge in [0.05, 0.1) is 13.0 Å². The van der Waals surface area contributed by atoms with Crippen molar-refractivity contribution in [2.24, 2.45) is 0 Å². The minimum Gasteiger partial charge on any atom is -0.469 e. The Bertz CT molecular complexity index is 418. The Morgan fingerprint density at radius 1 is 1.50 bits per heavy atom. The average Bonchev–Trinajstić information content (AvgIpc) is 2.33. The summed E-state index contributed by atoms with van der Waals surface area (Å²) in [7, 11) is 1.44. The summed E-state index contributed by atoms with van der Waals surface area (Å²) in [4.78, 5) is 11.9. The van der Waals surface area contributed by atoms with E-state index in [0.29, 0.717) is 12.6 Å². The monoisotopic (exact) mass is 311 g/mol. The van der Waals surface area contributed by atoms with E-state index < -0.39 is 0 Å². The van der Waals surface area contributed by atoms with Crippen LogP contribution in [0.15, 0.2) is 28.7 Å². The Kier molecular flexibility index (Phi) is 4.78. The number of nitrogens with one attached hydrogen (secondary N) is 1. The molecule has 0 aliphatic heterocycles. The van der Waals surface area contributed by atoms with Crippen molar-refractivity contribution in [2.45, 2.75) is 31.2 Å². The number of rotatable bonds is 5. The van der Waals surface area contributed by atoms with E-state index in [1.54, 1.807) is 0 Å². The second-order valence-corrected chi connectivity index (χ2v) is 5.49. The van der Waals surface area contributed by atoms with Crippen LogP contribution < -0.4 is 5.32 Å². The van der Waals surface area contributed by atoms with Crippen LogP contribution in [0.2, 0.25) is 0 Å². The number of hydrogen-bond donors (Lipinski definition) is 1. The van der Waals surface area contributed by atoms with Crippen LogP contribution in [0.4, 0.5) is 0 Å². The van der Waals surface area contributed by atoms with Crippen molar-refractivity contribution in [3.8, 4) is 0 Å². The highest BCUT2D eigenvalue weighted by Gasteiger charge is 2.25. The number of ether oxygens (including phenoxy) is 1. The summed E-state index contributed by atoms with van der Waals surface area (Å²) >= 11 is 3.50. The molecule has 3 nitrogen and oxygen atoms in total. The molecule has 0 bridgehead atoms. The first-order chi connectivity index (χ1) is 8.72. The van der Waals surface area contributed by atoms with Crippen molar-refractivity contribution < 1.29 is 9.53 Å². The second-order valence-electron chi connectivity index (χ2n) is 4.63. The van der Waals surface area contributed by atoms with Gasteiger partial charge in [-0.15, -0.1) is 0 Å². The minimum absolute atomic E-state index is 0.186. The van der Waals surface area contributed by atoms with Crippen molar-refractivity contribution in [1.82, 2.24) is 5.32 Å². The zero-order chi connectivity index (χ0) is 13.0. The van der Waals surface area contributed by atoms with Crippen molar-refractivity contribution in [3.05, 3.63) is 34.3 Å². The molecular formula is C14H18BrNO2. The number of hydrogen-bond acceptors (Lipinski definition) is 3. The Balaban J connectivity index is 2.08. The molecule has 1 aliphatic carbocycles. The largest absolute Gasteiger partial charge is 0.469 e. The fraction of sp³-hybridized carbons (Fsp3) is 0.500. The summed E-state index contributed by atoms with van der Waals surface area (Å²) in [6.45, 7) is 0.639. The highest BCUT2D eigenvalue weighted by Crippen LogP contribution is 2.26. The lowest BCUT2D eigenvalue weighted by atomic mass is 9.91. The number of carbonyl (C=O) groups is 1. The first kappa shape index (κ1) is 13.6. The van der Waals surface area contributed by atoms with E-state index in [0.717, 1.165) is 10.0 Å². The molecule has 0 aromatic heterocycles. The Morgan fingerprint density at radius 2 is 2.22 bits per heavy atom. The molecule has 1 fully saturated rings. The molecule has 0 radical (unpaired) electrons. The molecule has 1 aromatic rings. The van der Waals surface area contributed by atoms with E-state index in [9.17, 15) is 4.79 Å². The van der Waals surface area contributed by atoms with E-state index >= 15 is 0 Å². The SMILES string of the molecule is COC(=O)C(CNC1CCC1)c1ccccc1Br. The fourth-order valence-electron chi connectivity index (χ4n) is 2.12. The smallest absolute Gasteiger partial charge is 0.314 e. The first-order valence-corrected chi connectivity index (χ1v) is 7.07. The molecule has 1 unspecified atom stereocenters. The molecule has 0 saturated heterocycles. The van der Waals surface area contributed by atoms with Gasteiger partial charge in [-0.25, -0.2) is 0 Å². The van der Waals surface area contributed by atoms with E-state index in [1.165, 1.54) is 26.4 Å². The van der Waals surface area contributed by atoms with E-state index in [1.807, 2.05) is 24.3 Å². The first-order valence-electron chi connectivity index (χ1n) is 6.28. The predicted molar refractivity (Wildman–Crippen MR) is 74.5 cm³/mol. The second kappa shape index (κ2) is 6.34. The van der Waals surface area contributed by atoms with E-state index in [4.69, 9.17) is 4.74 Å². The maximum atomic E-state index is 11.9. The number of carbonyl (C=O) groups excluding carboxylic acids is 1. The quantitative estimate of drug-likeness (QED) is 0.850. The van der Waals surface area contributed by atoms with Crippen LogP contribution in [0.1, 0.15) is 30.7 Å². The molecule has 2 rings (SSSR count). The maximum Gasteiger partial charge on any atom is 0.314 e. The topological polar surface area (TPSA) is 38.3 Å². The van der Waals surface area contributed by atoms with Crippen LogP contribution in [-0.2, 0) is 9.53 Å². The summed E-state index contributed by atoms with van der Waals surface area (Å²) in [5.41, 5.74) is 0.983. The maximum absolute atomic E-state index is 11.9. The Labute approximate surface area is 116 Å². The lowest BCUT2D eigenvalue weighted by molar-refractivity contribution is -0.142. The van der Waals surface area contributed by atoms with Gasteiger partial charge in [-0.2, -0.15) is 0 Å². The summed E-state index contributed by atoms with van der Waals surface area (Å²) in [5.74, 6) is -0.431. The molecule has 18 heavy (non-hydrogen) atoms. The lowest BCUT2D eigenvalue weighted by Gasteiger charge is -2.28. The normalized spacial score (nSPS) is 17.0. The van der Waals surface area contributed by atoms with Crippen LogP contribution in [0.5, 0.6) is 0 Å². The van der Waals surface area contributed by atoms with Gasteiger partial charge >= 0.3 is 5.97 Å². The predicted octanol–water partition coefficient (Wildman–Crippen LogP) is 2.85. The average molecular weight is 312 g/mol. The van der Waals surface area contributed by atoms with Crippen LogP contribution in [0.3, 0.4) is 0 Å². The fourth-order valence-corrected chi connectivity index (χ4v) is 2.68. The van der Waals surface area contributed by atoms with Gasteiger partial charge in [0, 0.05) is 17.1 Å². The summed E-state index contributed by atoms with van der Waals surface area (Å²) in [6, 6.07) is 8.38. The summed E-state index contributed by atoms with van der Waals surface area (Å²) < 4.78 is 5.86. The van der Waals surface area contributed by atoms with Crippen molar-refractivity contribution >= 4 is 21.9 Å². The van der Waals surface area contributed by atoms with Crippen LogP contribution >= 0.6 is 15.9 Å². The van der Waals surface area contributed by atoms with Gasteiger partial charge in [-0.05, 0) is 24.5 Å². The summed E-state index contributed by atoms with van der Waals surface area (Å²) in [5, 5.41) is 3.44. The Morgan fingerprint density at radius 3 is 2.78 bits per heavy atom. The third-order valence-electron chi connectivity index (χ3n) is 3.48. The zero-order valence-corrected chi connectivity index (χ0v) is 12.1. The zero-order valence-electron chi connectivity index (χ0n) is 10.5. The van der Waals surface area contributed by atoms with Gasteiger partial charge in [0.25, 0.3) is 0 Å². The number of benzene rings is 1. The van der Waals surface area contributed by atoms with Gasteiger partial charge in [-0.3, -0.25) is 4.79 Å². The van der Waals surface area contributed by atoms with Crippen LogP contribution in [-0.4, -0.2) is 25.7 Å². The van der Waals surface area contributed by atoms with Crippen molar-refractivity contribution in [2.75, 3.05) is 13.7 Å². The molecule has 1 saturated carbocycles. The number of halogens is 1. The van der Waals surface area contributed by atoms with Gasteiger partial charge in [0.1, 0.15) is 0 Å². The van der Waals surface area contributed by atoms with Crippen LogP contribution in [0, 0.1) is 0 Å². The molecule has 4 heteroatoms. The molecular weight excluding hydrogens is 294 g/mol. The molecule has 1 aliphatic rings. The standard InChI is InChI=1S/C14H18BrNO2/c1-18-14(17)12(9-16-10-5-4-6-10)11-7-2-3-8-13(11)15/h2-3,7-8,10,12,16H,4-6,9H2,1H3. The third-order valence-corrected chi connectivity index (χ3v) is 4.20. The van der Waals surface area contributed by atoms with Gasteiger partial charge in [0.2, 0.25) is 0 Å². The van der Waals surface area contributed by atoms with E-state index in [-0.39, 0.29) is 11.9 Å². The van der Waals surface area contributed by atoms with Gasteiger partial charge < -0.3 is 10.1 Å². The molecule has 1 N–H and O–H groups in total. The number of esters is 1. The Hall–Kier alpha value is -0.870. The molecule has 98 valence electrons. The van der Waals surface area contributed by atoms with Crippen molar-refractivity contribution in [1.29, 1.82) is 0 Å². The van der Waals surface area contributed by atoms with E-state index in [2.05, 4.69) is 21.2 Å².